The van der Waals surface area contributed by atoms with Crippen molar-refractivity contribution in [1.29, 1.82) is 0 Å². The van der Waals surface area contributed by atoms with E-state index in [2.05, 4.69) is 0 Å². The van der Waals surface area contributed by atoms with Crippen molar-refractivity contribution in [2.24, 2.45) is 5.92 Å². The topological polar surface area (TPSA) is 90.4 Å². The number of carbonyl (C=O) groups excluding carboxylic acids is 3. The van der Waals surface area contributed by atoms with E-state index in [9.17, 15) is 19.5 Å². The number of likely N-dealkylation sites (tertiary alicyclic amines) is 1. The van der Waals surface area contributed by atoms with Crippen molar-refractivity contribution < 1.29 is 28.3 Å². The van der Waals surface area contributed by atoms with Crippen LogP contribution in [-0.4, -0.2) is 68.0 Å². The highest BCUT2D eigenvalue weighted by molar-refractivity contribution is 6.72. The fourth-order valence-electron chi connectivity index (χ4n) is 8.24. The molecule has 2 aromatic carbocycles. The zero-order valence-electron chi connectivity index (χ0n) is 26.0. The maximum absolute atomic E-state index is 16.3. The molecule has 0 aliphatic carbocycles. The number of hydrogen-bond donors (Lipinski definition) is 1. The summed E-state index contributed by atoms with van der Waals surface area (Å²) >= 11 is 0. The van der Waals surface area contributed by atoms with Gasteiger partial charge >= 0.3 is 0 Å². The van der Waals surface area contributed by atoms with Crippen LogP contribution in [0.2, 0.25) is 18.6 Å². The maximum atomic E-state index is 16.3. The summed E-state index contributed by atoms with van der Waals surface area (Å²) in [5.41, 5.74) is 0.530. The van der Waals surface area contributed by atoms with Gasteiger partial charge in [0.2, 0.25) is 20.2 Å². The predicted octanol–water partition coefficient (Wildman–Crippen LogP) is 5.81. The fourth-order valence-corrected chi connectivity index (χ4v) is 10.7. The molecule has 0 aromatic heterocycles. The molecule has 2 aromatic rings. The van der Waals surface area contributed by atoms with Crippen LogP contribution in [0.15, 0.2) is 48.5 Å². The number of fused-ring (bicyclic) bond motifs is 2. The molecule has 4 aliphatic rings. The van der Waals surface area contributed by atoms with Gasteiger partial charge in [0.15, 0.2) is 5.60 Å². The molecule has 3 saturated heterocycles. The lowest BCUT2D eigenvalue weighted by Gasteiger charge is -2.32. The lowest BCUT2D eigenvalue weighted by Crippen LogP contribution is -2.44. The zero-order valence-corrected chi connectivity index (χ0v) is 27.0. The molecule has 1 N–H and O–H groups in total. The first-order chi connectivity index (χ1) is 21.1. The minimum Gasteiger partial charge on any atom is -0.394 e. The fraction of sp³-hybridized carbons (Fsp3) is 0.559. The van der Waals surface area contributed by atoms with Crippen LogP contribution in [0.5, 0.6) is 0 Å². The Hall–Kier alpha value is -3.08. The van der Waals surface area contributed by atoms with E-state index >= 15 is 4.11 Å². The van der Waals surface area contributed by atoms with Crippen LogP contribution in [0.3, 0.4) is 0 Å². The van der Waals surface area contributed by atoms with Crippen LogP contribution >= 0.6 is 0 Å². The number of aliphatic hydroxyl groups is 1. The third kappa shape index (κ3) is 5.18. The highest BCUT2D eigenvalue weighted by atomic mass is 28.4. The summed E-state index contributed by atoms with van der Waals surface area (Å²) < 4.78 is 23.2. The molecule has 8 nitrogen and oxygen atoms in total. The summed E-state index contributed by atoms with van der Waals surface area (Å²) in [6.07, 6.45) is 5.02. The molecule has 4 aliphatic heterocycles. The van der Waals surface area contributed by atoms with Gasteiger partial charge in [-0.25, -0.2) is 0 Å². The summed E-state index contributed by atoms with van der Waals surface area (Å²) in [5.74, 6) is -0.969. The number of hydrogen-bond acceptors (Lipinski definition) is 5. The van der Waals surface area contributed by atoms with E-state index in [0.29, 0.717) is 42.1 Å². The third-order valence-electron chi connectivity index (χ3n) is 10.3. The molecular weight excluding hydrogens is 577 g/mol. The Bertz CT molecular complexity index is 1420. The summed E-state index contributed by atoms with van der Waals surface area (Å²) in [6.45, 7) is 6.19. The SMILES string of the molecule is C[C@@H]1[C@@H]([Si](C)(C)F)[C@H](CC(=O)N2CCC[C@H]2CO)O[C@@]12C(=O)N(c1ccccc1)c1ccc(N3CCCCCCC3=O)cc12. The van der Waals surface area contributed by atoms with Gasteiger partial charge in [-0.2, -0.15) is 0 Å². The van der Waals surface area contributed by atoms with Crippen molar-refractivity contribution in [2.75, 3.05) is 29.5 Å². The van der Waals surface area contributed by atoms with Crippen LogP contribution in [0.1, 0.15) is 63.9 Å². The van der Waals surface area contributed by atoms with Gasteiger partial charge in [0.1, 0.15) is 0 Å². The van der Waals surface area contributed by atoms with E-state index in [-0.39, 0.29) is 36.8 Å². The van der Waals surface area contributed by atoms with Gasteiger partial charge in [0, 0.05) is 47.9 Å². The molecule has 0 bridgehead atoms. The first-order valence-electron chi connectivity index (χ1n) is 16.2. The van der Waals surface area contributed by atoms with Crippen molar-refractivity contribution in [1.82, 2.24) is 4.90 Å². The number of ether oxygens (including phenoxy) is 1. The molecule has 0 unspecified atom stereocenters. The minimum absolute atomic E-state index is 0.0497. The number of halogens is 1. The van der Waals surface area contributed by atoms with Gasteiger partial charge in [-0.3, -0.25) is 19.3 Å². The Labute approximate surface area is 260 Å². The van der Waals surface area contributed by atoms with E-state index in [1.807, 2.05) is 60.4 Å². The molecule has 1 spiro atoms. The average molecular weight is 622 g/mol. The number of anilines is 3. The largest absolute Gasteiger partial charge is 0.394 e. The smallest absolute Gasteiger partial charge is 0.268 e. The Morgan fingerprint density at radius 2 is 1.77 bits per heavy atom. The predicted molar refractivity (Wildman–Crippen MR) is 170 cm³/mol. The van der Waals surface area contributed by atoms with Crippen LogP contribution in [-0.2, 0) is 24.7 Å². The van der Waals surface area contributed by atoms with E-state index in [1.54, 1.807) is 22.9 Å². The average Bonchev–Trinajstić information content (AvgIpc) is 3.65. The van der Waals surface area contributed by atoms with Gasteiger partial charge in [-0.15, -0.1) is 0 Å². The van der Waals surface area contributed by atoms with Gasteiger partial charge in [-0.1, -0.05) is 38.0 Å². The van der Waals surface area contributed by atoms with E-state index in [4.69, 9.17) is 4.74 Å². The van der Waals surface area contributed by atoms with Gasteiger partial charge in [0.05, 0.1) is 30.9 Å². The quantitative estimate of drug-likeness (QED) is 0.325. The van der Waals surface area contributed by atoms with Crippen LogP contribution in [0.25, 0.3) is 0 Å². The number of aliphatic hydroxyl groups excluding tert-OH is 1. The second kappa shape index (κ2) is 12.0. The molecule has 0 saturated carbocycles. The first kappa shape index (κ1) is 30.9. The summed E-state index contributed by atoms with van der Waals surface area (Å²) in [5, 5.41) is 9.85. The van der Waals surface area contributed by atoms with Gasteiger partial charge in [0.25, 0.3) is 5.91 Å². The second-order valence-corrected chi connectivity index (χ2v) is 17.2. The van der Waals surface area contributed by atoms with E-state index in [1.165, 1.54) is 0 Å². The number of para-hydroxylation sites is 1. The highest BCUT2D eigenvalue weighted by Crippen LogP contribution is 2.61. The Kier molecular flexibility index (Phi) is 8.45. The van der Waals surface area contributed by atoms with Gasteiger partial charge < -0.3 is 23.8 Å². The van der Waals surface area contributed by atoms with Crippen molar-refractivity contribution in [3.63, 3.8) is 0 Å². The van der Waals surface area contributed by atoms with Crippen LogP contribution in [0, 0.1) is 5.92 Å². The molecule has 3 fully saturated rings. The molecule has 10 heteroatoms. The lowest BCUT2D eigenvalue weighted by molar-refractivity contribution is -0.149. The summed E-state index contributed by atoms with van der Waals surface area (Å²) in [7, 11) is -3.48. The number of rotatable bonds is 6. The third-order valence-corrected chi connectivity index (χ3v) is 12.7. The Morgan fingerprint density at radius 3 is 2.50 bits per heavy atom. The van der Waals surface area contributed by atoms with Crippen molar-refractivity contribution >= 4 is 43.2 Å². The van der Waals surface area contributed by atoms with E-state index in [0.717, 1.165) is 38.5 Å². The Balaban J connectivity index is 1.45. The summed E-state index contributed by atoms with van der Waals surface area (Å²) in [6, 6.07) is 14.8. The van der Waals surface area contributed by atoms with Crippen molar-refractivity contribution in [3.8, 4) is 0 Å². The van der Waals surface area contributed by atoms with Crippen molar-refractivity contribution in [3.05, 3.63) is 54.1 Å². The highest BCUT2D eigenvalue weighted by Gasteiger charge is 2.67. The maximum Gasteiger partial charge on any atom is 0.268 e. The molecule has 236 valence electrons. The number of nitrogens with zero attached hydrogens (tertiary/aromatic N) is 3. The number of benzene rings is 2. The van der Waals surface area contributed by atoms with Crippen molar-refractivity contribution in [2.45, 2.75) is 94.7 Å². The van der Waals surface area contributed by atoms with Crippen LogP contribution in [0.4, 0.5) is 21.2 Å². The molecule has 4 heterocycles. The molecular formula is C34H44FN3O5Si. The van der Waals surface area contributed by atoms with E-state index < -0.39 is 31.6 Å². The molecule has 6 rings (SSSR count). The normalized spacial score (nSPS) is 29.3. The molecule has 3 amide bonds. The number of carbonyl (C=O) groups is 3. The van der Waals surface area contributed by atoms with Crippen LogP contribution < -0.4 is 9.80 Å². The molecule has 0 radical (unpaired) electrons. The first-order valence-corrected chi connectivity index (χ1v) is 19.1. The molecule has 44 heavy (non-hydrogen) atoms. The second-order valence-electron chi connectivity index (χ2n) is 13.4. The summed E-state index contributed by atoms with van der Waals surface area (Å²) in [4.78, 5) is 46.8. The standard InChI is InChI=1S/C34H44FN3O5Si/c1-23-32(44(2,3)35)29(21-31(41)37-19-11-14-26(37)22-39)43-34(23)27-20-25(36-18-10-5-4-9-15-30(36)40)16-17-28(27)38(33(34)42)24-12-7-6-8-13-24/h6-8,12-13,16-17,20,23,26,29,32,39H,4-5,9-11,14-15,18-19,21-22H2,1-3H3/t23-,26+,29+,32-,34+/m1/s1. The monoisotopic (exact) mass is 621 g/mol. The molecule has 5 atom stereocenters. The Morgan fingerprint density at radius 1 is 1.02 bits per heavy atom. The lowest BCUT2D eigenvalue weighted by atomic mass is 9.82. The van der Waals surface area contributed by atoms with Gasteiger partial charge in [-0.05, 0) is 69.1 Å². The minimum atomic E-state index is -3.48. The number of amides is 3. The zero-order chi connectivity index (χ0) is 31.2.